The van der Waals surface area contributed by atoms with Crippen LogP contribution < -0.4 is 34.7 Å². The average Bonchev–Trinajstić information content (AvgIpc) is 3.75. The van der Waals surface area contributed by atoms with Crippen molar-refractivity contribution in [3.8, 4) is 0 Å². The van der Waals surface area contributed by atoms with E-state index in [0.29, 0.717) is 6.42 Å². The van der Waals surface area contributed by atoms with Crippen LogP contribution in [0.2, 0.25) is 0 Å². The van der Waals surface area contributed by atoms with Crippen LogP contribution in [0, 0.1) is 41.4 Å². The van der Waals surface area contributed by atoms with E-state index in [-0.39, 0.29) is 114 Å². The first-order chi connectivity index (χ1) is 23.9. The van der Waals surface area contributed by atoms with Crippen LogP contribution >= 0.6 is 0 Å². The Labute approximate surface area is 334 Å². The number of carbonyl (C=O) groups excluding carboxylic acids is 1. The number of carboxylic acids is 1. The summed E-state index contributed by atoms with van der Waals surface area (Å²) in [6.07, 6.45) is 5.62. The third-order valence-electron chi connectivity index (χ3n) is 14.4. The zero-order valence-electron chi connectivity index (χ0n) is 33.8. The fraction of sp³-hybridized carbons (Fsp3) is 0.975. The Balaban J connectivity index is 0.00000523. The molecule has 6 aliphatic rings. The Bertz CT molecular complexity index is 1240. The van der Waals surface area contributed by atoms with E-state index in [1.54, 1.807) is 14.0 Å². The van der Waals surface area contributed by atoms with Crippen LogP contribution in [0.1, 0.15) is 120 Å². The van der Waals surface area contributed by atoms with Crippen molar-refractivity contribution in [3.05, 3.63) is 0 Å². The van der Waals surface area contributed by atoms with Gasteiger partial charge in [0, 0.05) is 49.6 Å². The van der Waals surface area contributed by atoms with Crippen LogP contribution in [0.3, 0.4) is 0 Å². The van der Waals surface area contributed by atoms with Crippen LogP contribution in [0.25, 0.3) is 0 Å². The summed E-state index contributed by atoms with van der Waals surface area (Å²) < 4.78 is 46.9. The number of carboxylic acid groups (broad SMARTS) is 1. The van der Waals surface area contributed by atoms with Crippen molar-refractivity contribution in [2.75, 3.05) is 13.7 Å². The first-order valence-electron chi connectivity index (χ1n) is 20.0. The fourth-order valence-electron chi connectivity index (χ4n) is 11.3. The first kappa shape index (κ1) is 43.2. The van der Waals surface area contributed by atoms with Crippen LogP contribution in [-0.2, 0) is 38.0 Å². The smallest absolute Gasteiger partial charge is 0.550 e. The summed E-state index contributed by atoms with van der Waals surface area (Å²) in [6, 6.07) is 0. The van der Waals surface area contributed by atoms with E-state index in [1.807, 2.05) is 6.92 Å². The molecule has 11 nitrogen and oxygen atoms in total. The van der Waals surface area contributed by atoms with Gasteiger partial charge in [0.25, 0.3) is 0 Å². The molecule has 0 radical (unpaired) electrons. The predicted octanol–water partition coefficient (Wildman–Crippen LogP) is 1.37. The van der Waals surface area contributed by atoms with Gasteiger partial charge in [0.2, 0.25) is 0 Å². The molecule has 6 saturated heterocycles. The molecule has 52 heavy (non-hydrogen) atoms. The minimum Gasteiger partial charge on any atom is -0.550 e. The van der Waals surface area contributed by atoms with Gasteiger partial charge in [0.05, 0.1) is 66.6 Å². The van der Waals surface area contributed by atoms with Crippen molar-refractivity contribution in [1.82, 2.24) is 0 Å². The number of rotatable bonds is 9. The van der Waals surface area contributed by atoms with Crippen LogP contribution in [-0.4, -0.2) is 102 Å². The number of ether oxygens (including phenoxy) is 7. The van der Waals surface area contributed by atoms with E-state index >= 15 is 0 Å². The maximum Gasteiger partial charge on any atom is 1.00 e. The molecular weight excluding hydrogens is 679 g/mol. The minimum atomic E-state index is -1.55. The van der Waals surface area contributed by atoms with Crippen molar-refractivity contribution in [2.24, 2.45) is 41.4 Å². The molecule has 0 aromatic carbocycles. The Morgan fingerprint density at radius 3 is 2.25 bits per heavy atom. The SMILES string of the molecule is CO[C@H]1CC(C[C@H]2CC[C@H](C)[C@H]([C@H](C)C(=O)[O-])O2)O[C@]2(O[C@](C)(C3CC[C@](C)(C4O[C@@H]([C@H]5O[C@@](O)(CO)C(C)C[C@@H]5C)C[C@@H]4C)O3)C[C@@H]2C)[C@@H]1C.[Na+]. The van der Waals surface area contributed by atoms with Crippen LogP contribution in [0.5, 0.6) is 0 Å². The second-order valence-corrected chi connectivity index (χ2v) is 18.4. The van der Waals surface area contributed by atoms with Gasteiger partial charge in [-0.25, -0.2) is 0 Å². The van der Waals surface area contributed by atoms with Gasteiger partial charge in [-0.15, -0.1) is 0 Å². The van der Waals surface area contributed by atoms with Crippen molar-refractivity contribution in [2.45, 2.75) is 192 Å². The van der Waals surface area contributed by atoms with Gasteiger partial charge in [-0.05, 0) is 76.5 Å². The summed E-state index contributed by atoms with van der Waals surface area (Å²) in [5.74, 6) is -3.70. The monoisotopic (exact) mass is 746 g/mol. The average molecular weight is 747 g/mol. The van der Waals surface area contributed by atoms with Gasteiger partial charge in [-0.3, -0.25) is 0 Å². The van der Waals surface area contributed by atoms with Gasteiger partial charge >= 0.3 is 29.6 Å². The number of aliphatic carboxylic acids is 1. The summed E-state index contributed by atoms with van der Waals surface area (Å²) >= 11 is 0. The number of carbonyl (C=O) groups is 1. The number of methoxy groups -OCH3 is 1. The molecule has 0 aromatic heterocycles. The van der Waals surface area contributed by atoms with Gasteiger partial charge < -0.3 is 53.3 Å². The summed E-state index contributed by atoms with van der Waals surface area (Å²) in [7, 11) is 1.76. The molecular formula is C40H67NaO11. The molecule has 1 spiro atoms. The van der Waals surface area contributed by atoms with E-state index in [1.165, 1.54) is 0 Å². The zero-order chi connectivity index (χ0) is 37.3. The third kappa shape index (κ3) is 7.85. The maximum atomic E-state index is 11.7. The zero-order valence-corrected chi connectivity index (χ0v) is 35.8. The van der Waals surface area contributed by atoms with E-state index in [2.05, 4.69) is 48.5 Å². The Morgan fingerprint density at radius 2 is 1.60 bits per heavy atom. The maximum absolute atomic E-state index is 11.7. The second kappa shape index (κ2) is 16.2. The summed E-state index contributed by atoms with van der Waals surface area (Å²) in [5, 5.41) is 32.7. The topological polar surface area (TPSA) is 145 Å². The molecule has 19 atom stereocenters. The second-order valence-electron chi connectivity index (χ2n) is 18.4. The summed E-state index contributed by atoms with van der Waals surface area (Å²) in [4.78, 5) is 11.7. The Hall–Kier alpha value is 0.110. The molecule has 0 aliphatic carbocycles. The molecule has 0 amide bonds. The standard InChI is InChI=1S/C40H68O11.Na/c1-21-11-12-28(46-33(21)26(6)36(42)43)17-29-18-30(45-10)27(7)40(48-29)25(5)19-38(9,51-40)32-13-14-37(8,49-32)35-23(3)16-31(47-35)34-22(2)15-24(4)39(44,20-41)50-34;/h21-35,41,44H,11-20H2,1-10H3,(H,42,43);/q;+1/p-1/t21-,22-,23-,24?,25-,26-,27+,28+,29?,30-,31+,32?,33+,34-,35?,37+,38-,39-,40+;/m0./s1. The van der Waals surface area contributed by atoms with E-state index in [0.717, 1.165) is 51.4 Å². The molecule has 294 valence electrons. The molecule has 2 N–H and O–H groups in total. The molecule has 4 unspecified atom stereocenters. The number of aliphatic hydroxyl groups excluding tert-OH is 1. The van der Waals surface area contributed by atoms with E-state index in [4.69, 9.17) is 33.2 Å². The molecule has 12 heteroatoms. The van der Waals surface area contributed by atoms with Crippen molar-refractivity contribution in [1.29, 1.82) is 0 Å². The molecule has 0 aromatic rings. The minimum absolute atomic E-state index is 0. The van der Waals surface area contributed by atoms with Gasteiger partial charge in [0.15, 0.2) is 11.6 Å². The Morgan fingerprint density at radius 1 is 0.885 bits per heavy atom. The van der Waals surface area contributed by atoms with E-state index in [9.17, 15) is 20.1 Å². The van der Waals surface area contributed by atoms with Crippen LogP contribution in [0.4, 0.5) is 0 Å². The fourth-order valence-corrected chi connectivity index (χ4v) is 11.3. The quantitative estimate of drug-likeness (QED) is 0.331. The Kier molecular flexibility index (Phi) is 13.4. The number of hydrogen-bond donors (Lipinski definition) is 2. The molecule has 6 fully saturated rings. The summed E-state index contributed by atoms with van der Waals surface area (Å²) in [6.45, 7) is 18.3. The van der Waals surface area contributed by atoms with Crippen molar-refractivity contribution in [3.63, 3.8) is 0 Å². The van der Waals surface area contributed by atoms with Crippen LogP contribution in [0.15, 0.2) is 0 Å². The molecule has 6 heterocycles. The van der Waals surface area contributed by atoms with E-state index < -0.39 is 41.3 Å². The van der Waals surface area contributed by atoms with Crippen molar-refractivity contribution >= 4 is 5.97 Å². The molecule has 6 rings (SSSR count). The molecule has 6 aliphatic heterocycles. The normalized spacial score (nSPS) is 53.2. The number of aliphatic hydroxyl groups is 2. The third-order valence-corrected chi connectivity index (χ3v) is 14.4. The molecule has 0 saturated carbocycles. The summed E-state index contributed by atoms with van der Waals surface area (Å²) in [5.41, 5.74) is -1.11. The number of hydrogen-bond acceptors (Lipinski definition) is 11. The predicted molar refractivity (Wildman–Crippen MR) is 186 cm³/mol. The van der Waals surface area contributed by atoms with Gasteiger partial charge in [-0.2, -0.15) is 0 Å². The van der Waals surface area contributed by atoms with Gasteiger partial charge in [0.1, 0.15) is 0 Å². The largest absolute Gasteiger partial charge is 1.00 e. The molecule has 0 bridgehead atoms. The van der Waals surface area contributed by atoms with Crippen molar-refractivity contribution < 1.29 is 82.8 Å². The van der Waals surface area contributed by atoms with Gasteiger partial charge in [-0.1, -0.05) is 48.5 Å². The first-order valence-corrected chi connectivity index (χ1v) is 20.0.